The number of nitrogens with zero attached hydrogens (tertiary/aromatic N) is 3. The van der Waals surface area contributed by atoms with Crippen LogP contribution in [0.5, 0.6) is 6.01 Å². The summed E-state index contributed by atoms with van der Waals surface area (Å²) in [5.41, 5.74) is 0. The second kappa shape index (κ2) is 6.95. The van der Waals surface area contributed by atoms with E-state index in [9.17, 15) is 0 Å². The highest BCUT2D eigenvalue weighted by Crippen LogP contribution is 2.13. The minimum Gasteiger partial charge on any atom is -0.461 e. The number of hydrogen-bond donors (Lipinski definition) is 3. The predicted molar refractivity (Wildman–Crippen MR) is 69.9 cm³/mol. The molecule has 0 radical (unpaired) electrons. The van der Waals surface area contributed by atoms with E-state index in [1.54, 1.807) is 7.05 Å². The van der Waals surface area contributed by atoms with Crippen LogP contribution in [0, 0.1) is 0 Å². The molecule has 1 aromatic rings. The molecular weight excluding hydrogens is 234 g/mol. The van der Waals surface area contributed by atoms with E-state index in [0.29, 0.717) is 11.9 Å². The predicted octanol–water partition coefficient (Wildman–Crippen LogP) is 0.883. The lowest BCUT2D eigenvalue weighted by atomic mass is 10.2. The van der Waals surface area contributed by atoms with E-state index in [2.05, 4.69) is 25.6 Å². The van der Waals surface area contributed by atoms with E-state index >= 15 is 0 Å². The maximum absolute atomic E-state index is 9.15. The molecule has 7 nitrogen and oxygen atoms in total. The van der Waals surface area contributed by atoms with Crippen molar-refractivity contribution in [2.75, 3.05) is 24.3 Å². The fourth-order valence-electron chi connectivity index (χ4n) is 1.26. The van der Waals surface area contributed by atoms with Gasteiger partial charge >= 0.3 is 6.01 Å². The molecule has 0 spiro atoms. The Balaban J connectivity index is 2.89. The average Bonchev–Trinajstić information content (AvgIpc) is 2.34. The van der Waals surface area contributed by atoms with Crippen LogP contribution in [0.2, 0.25) is 0 Å². The van der Waals surface area contributed by atoms with Gasteiger partial charge in [0.15, 0.2) is 0 Å². The molecule has 1 unspecified atom stereocenters. The zero-order valence-corrected chi connectivity index (χ0v) is 11.3. The van der Waals surface area contributed by atoms with Gasteiger partial charge in [-0.15, -0.1) is 0 Å². The summed E-state index contributed by atoms with van der Waals surface area (Å²) in [6.07, 6.45) is 0.766. The van der Waals surface area contributed by atoms with Gasteiger partial charge in [0.25, 0.3) is 0 Å². The van der Waals surface area contributed by atoms with Gasteiger partial charge in [0.2, 0.25) is 11.9 Å². The molecule has 0 saturated heterocycles. The van der Waals surface area contributed by atoms with Gasteiger partial charge < -0.3 is 20.5 Å². The normalized spacial score (nSPS) is 12.3. The topological polar surface area (TPSA) is 92.2 Å². The number of ether oxygens (including phenoxy) is 1. The first-order chi connectivity index (χ1) is 8.58. The fraction of sp³-hybridized carbons (Fsp3) is 0.727. The molecule has 18 heavy (non-hydrogen) atoms. The molecule has 1 rings (SSSR count). The van der Waals surface area contributed by atoms with Crippen LogP contribution in [0.25, 0.3) is 0 Å². The zero-order valence-electron chi connectivity index (χ0n) is 11.3. The number of nitrogens with one attached hydrogen (secondary N) is 2. The molecule has 0 amide bonds. The van der Waals surface area contributed by atoms with Crippen LogP contribution in [-0.4, -0.2) is 45.9 Å². The molecule has 1 aromatic heterocycles. The zero-order chi connectivity index (χ0) is 13.5. The molecule has 1 heterocycles. The van der Waals surface area contributed by atoms with E-state index in [1.165, 1.54) is 0 Å². The molecule has 0 saturated carbocycles. The van der Waals surface area contributed by atoms with Crippen molar-refractivity contribution in [2.24, 2.45) is 0 Å². The summed E-state index contributed by atoms with van der Waals surface area (Å²) in [4.78, 5) is 12.4. The molecule has 0 bridgehead atoms. The maximum Gasteiger partial charge on any atom is 0.323 e. The van der Waals surface area contributed by atoms with Gasteiger partial charge in [-0.1, -0.05) is 6.92 Å². The first-order valence-electron chi connectivity index (χ1n) is 6.06. The molecule has 7 heteroatoms. The van der Waals surface area contributed by atoms with Gasteiger partial charge in [-0.25, -0.2) is 0 Å². The van der Waals surface area contributed by atoms with Crippen molar-refractivity contribution in [3.63, 3.8) is 0 Å². The van der Waals surface area contributed by atoms with E-state index in [1.807, 2.05) is 20.8 Å². The van der Waals surface area contributed by atoms with Gasteiger partial charge in [-0.05, 0) is 20.3 Å². The Bertz CT molecular complexity index is 368. The second-order valence-electron chi connectivity index (χ2n) is 4.11. The summed E-state index contributed by atoms with van der Waals surface area (Å²) in [5.74, 6) is 0.821. The van der Waals surface area contributed by atoms with Crippen molar-refractivity contribution in [3.8, 4) is 6.01 Å². The lowest BCUT2D eigenvalue weighted by Gasteiger charge is -2.15. The first kappa shape index (κ1) is 14.4. The summed E-state index contributed by atoms with van der Waals surface area (Å²) >= 11 is 0. The lowest BCUT2D eigenvalue weighted by molar-refractivity contribution is 0.222. The smallest absolute Gasteiger partial charge is 0.323 e. The lowest BCUT2D eigenvalue weighted by Crippen LogP contribution is -2.24. The third-order valence-electron chi connectivity index (χ3n) is 2.23. The van der Waals surface area contributed by atoms with E-state index < -0.39 is 0 Å². The van der Waals surface area contributed by atoms with Crippen molar-refractivity contribution in [1.82, 2.24) is 15.0 Å². The van der Waals surface area contributed by atoms with Gasteiger partial charge in [0.1, 0.15) is 0 Å². The highest BCUT2D eigenvalue weighted by atomic mass is 16.5. The molecule has 0 aliphatic rings. The quantitative estimate of drug-likeness (QED) is 0.666. The van der Waals surface area contributed by atoms with Crippen LogP contribution in [0.3, 0.4) is 0 Å². The molecule has 0 aromatic carbocycles. The van der Waals surface area contributed by atoms with Crippen LogP contribution in [-0.2, 0) is 0 Å². The van der Waals surface area contributed by atoms with E-state index in [-0.39, 0.29) is 24.8 Å². The third-order valence-corrected chi connectivity index (χ3v) is 2.23. The van der Waals surface area contributed by atoms with Gasteiger partial charge in [0.05, 0.1) is 18.8 Å². The van der Waals surface area contributed by atoms with Gasteiger partial charge in [-0.3, -0.25) is 0 Å². The van der Waals surface area contributed by atoms with Crippen LogP contribution >= 0.6 is 0 Å². The minimum absolute atomic E-state index is 0.00947. The number of aliphatic hydroxyl groups excluding tert-OH is 1. The Labute approximate surface area is 107 Å². The number of anilines is 2. The SMILES string of the molecule is CCC(CO)Nc1nc(NC)nc(OC(C)C)n1. The summed E-state index contributed by atoms with van der Waals surface area (Å²) in [6.45, 7) is 5.80. The van der Waals surface area contributed by atoms with E-state index in [0.717, 1.165) is 6.42 Å². The Morgan fingerprint density at radius 1 is 1.22 bits per heavy atom. The number of rotatable bonds is 7. The van der Waals surface area contributed by atoms with Crippen molar-refractivity contribution < 1.29 is 9.84 Å². The maximum atomic E-state index is 9.15. The summed E-state index contributed by atoms with van der Waals surface area (Å²) in [6, 6.07) is 0.184. The van der Waals surface area contributed by atoms with Crippen molar-refractivity contribution >= 4 is 11.9 Å². The molecule has 102 valence electrons. The van der Waals surface area contributed by atoms with Crippen LogP contribution in [0.15, 0.2) is 0 Å². The van der Waals surface area contributed by atoms with Gasteiger partial charge in [0, 0.05) is 7.05 Å². The molecule has 3 N–H and O–H groups in total. The molecule has 0 aliphatic carbocycles. The Morgan fingerprint density at radius 2 is 1.89 bits per heavy atom. The fourth-order valence-corrected chi connectivity index (χ4v) is 1.26. The van der Waals surface area contributed by atoms with Crippen LogP contribution in [0.1, 0.15) is 27.2 Å². The first-order valence-corrected chi connectivity index (χ1v) is 6.06. The number of aliphatic hydroxyl groups is 1. The van der Waals surface area contributed by atoms with E-state index in [4.69, 9.17) is 9.84 Å². The Kier molecular flexibility index (Phi) is 5.57. The number of hydrogen-bond acceptors (Lipinski definition) is 7. The monoisotopic (exact) mass is 255 g/mol. The van der Waals surface area contributed by atoms with Crippen molar-refractivity contribution in [1.29, 1.82) is 0 Å². The summed E-state index contributed by atoms with van der Waals surface area (Å²) in [7, 11) is 1.72. The highest BCUT2D eigenvalue weighted by molar-refractivity contribution is 5.36. The summed E-state index contributed by atoms with van der Waals surface area (Å²) < 4.78 is 5.44. The van der Waals surface area contributed by atoms with Crippen LogP contribution < -0.4 is 15.4 Å². The Hall–Kier alpha value is -1.63. The van der Waals surface area contributed by atoms with Crippen molar-refractivity contribution in [3.05, 3.63) is 0 Å². The third kappa shape index (κ3) is 4.33. The molecular formula is C11H21N5O2. The van der Waals surface area contributed by atoms with Gasteiger partial charge in [-0.2, -0.15) is 15.0 Å². The minimum atomic E-state index is -0.0796. The summed E-state index contributed by atoms with van der Waals surface area (Å²) in [5, 5.41) is 15.0. The molecule has 1 atom stereocenters. The van der Waals surface area contributed by atoms with Crippen LogP contribution in [0.4, 0.5) is 11.9 Å². The Morgan fingerprint density at radius 3 is 2.39 bits per heavy atom. The molecule has 0 fully saturated rings. The number of aromatic nitrogens is 3. The van der Waals surface area contributed by atoms with Crippen molar-refractivity contribution in [2.45, 2.75) is 39.3 Å². The second-order valence-corrected chi connectivity index (χ2v) is 4.11. The standard InChI is InChI=1S/C11H21N5O2/c1-5-8(6-17)13-10-14-9(12-4)15-11(16-10)18-7(2)3/h7-8,17H,5-6H2,1-4H3,(H2,12,13,14,15,16). The molecule has 0 aliphatic heterocycles. The average molecular weight is 255 g/mol. The largest absolute Gasteiger partial charge is 0.461 e. The highest BCUT2D eigenvalue weighted by Gasteiger charge is 2.11.